The molecule has 24 heavy (non-hydrogen) atoms. The zero-order valence-electron chi connectivity index (χ0n) is 14.1. The van der Waals surface area contributed by atoms with Gasteiger partial charge in [0.1, 0.15) is 0 Å². The summed E-state index contributed by atoms with van der Waals surface area (Å²) in [6.07, 6.45) is 0.425. The van der Waals surface area contributed by atoms with Gasteiger partial charge < -0.3 is 10.1 Å². The molecule has 1 aromatic carbocycles. The van der Waals surface area contributed by atoms with Crippen molar-refractivity contribution in [3.8, 4) is 0 Å². The quantitative estimate of drug-likeness (QED) is 0.244. The van der Waals surface area contributed by atoms with E-state index in [9.17, 15) is 18.3 Å². The number of aryl methyl sites for hydroxylation is 1. The number of rotatable bonds is 8. The smallest absolute Gasteiger partial charge is 0.862 e. The number of benzene rings is 1. The Kier molecular flexibility index (Phi) is 11.1. The summed E-state index contributed by atoms with van der Waals surface area (Å²) in [5.41, 5.74) is 2.05. The molecular formula is C15H20NNaO5S2. The molecule has 0 saturated heterocycles. The summed E-state index contributed by atoms with van der Waals surface area (Å²) in [7, 11) is -4.14. The van der Waals surface area contributed by atoms with Gasteiger partial charge in [0.2, 0.25) is 0 Å². The Balaban J connectivity index is 0.00000529. The molecule has 1 rings (SSSR count). The molecule has 0 fully saturated rings. The Hall–Kier alpha value is -0.380. The fourth-order valence-electron chi connectivity index (χ4n) is 1.84. The summed E-state index contributed by atoms with van der Waals surface area (Å²) in [4.78, 5) is 14.8. The van der Waals surface area contributed by atoms with Crippen LogP contribution in [0.1, 0.15) is 18.1 Å². The second kappa shape index (κ2) is 11.3. The van der Waals surface area contributed by atoms with Crippen LogP contribution >= 0.6 is 11.8 Å². The van der Waals surface area contributed by atoms with Crippen LogP contribution < -0.4 is 34.7 Å². The van der Waals surface area contributed by atoms with Gasteiger partial charge in [-0.2, -0.15) is 8.42 Å². The molecule has 9 heteroatoms. The van der Waals surface area contributed by atoms with E-state index in [0.29, 0.717) is 6.42 Å². The normalized spacial score (nSPS) is 13.2. The Morgan fingerprint density at radius 1 is 1.33 bits per heavy atom. The monoisotopic (exact) mass is 381 g/mol. The zero-order chi connectivity index (χ0) is 17.5. The van der Waals surface area contributed by atoms with Gasteiger partial charge in [-0.05, 0) is 24.8 Å². The third kappa shape index (κ3) is 10.5. The molecule has 0 bridgehead atoms. The van der Waals surface area contributed by atoms with Crippen LogP contribution in [0.4, 0.5) is 0 Å². The number of carbonyl (C=O) groups is 1. The average molecular weight is 381 g/mol. The first-order valence-corrected chi connectivity index (χ1v) is 9.62. The first-order chi connectivity index (χ1) is 10.7. The van der Waals surface area contributed by atoms with Crippen molar-refractivity contribution in [3.05, 3.63) is 35.4 Å². The van der Waals surface area contributed by atoms with Gasteiger partial charge in [0.25, 0.3) is 10.1 Å². The van der Waals surface area contributed by atoms with Crippen molar-refractivity contribution in [2.75, 3.05) is 18.1 Å². The van der Waals surface area contributed by atoms with Gasteiger partial charge in [0, 0.05) is 18.6 Å². The number of aliphatic imine (C=N–C) groups is 1. The van der Waals surface area contributed by atoms with E-state index < -0.39 is 27.7 Å². The maximum atomic E-state index is 12.1. The Bertz CT molecular complexity index is 659. The number of nitrogens with zero attached hydrogens (tertiary/aromatic N) is 1. The average Bonchev–Trinajstić information content (AvgIpc) is 2.43. The van der Waals surface area contributed by atoms with E-state index in [1.807, 2.05) is 31.2 Å². The summed E-state index contributed by atoms with van der Waals surface area (Å²) < 4.78 is 30.0. The van der Waals surface area contributed by atoms with E-state index in [2.05, 4.69) is 4.99 Å². The molecular weight excluding hydrogens is 361 g/mol. The van der Waals surface area contributed by atoms with E-state index in [1.165, 1.54) is 6.92 Å². The van der Waals surface area contributed by atoms with Crippen LogP contribution in [0.25, 0.3) is 0 Å². The van der Waals surface area contributed by atoms with Gasteiger partial charge >= 0.3 is 29.6 Å². The third-order valence-corrected chi connectivity index (χ3v) is 4.73. The SMILES string of the molecule is CC(=O)SCC(Cc1ccc(C)cc1)C([O-])=NCCS(=O)(=O)O.[Na+]. The van der Waals surface area contributed by atoms with Crippen molar-refractivity contribution < 1.29 is 52.4 Å². The van der Waals surface area contributed by atoms with Gasteiger partial charge in [-0.25, -0.2) is 0 Å². The van der Waals surface area contributed by atoms with Crippen molar-refractivity contribution in [3.63, 3.8) is 0 Å². The van der Waals surface area contributed by atoms with E-state index >= 15 is 0 Å². The van der Waals surface area contributed by atoms with Crippen LogP contribution in [0, 0.1) is 12.8 Å². The molecule has 0 aromatic heterocycles. The maximum Gasteiger partial charge on any atom is 1.00 e. The summed E-state index contributed by atoms with van der Waals surface area (Å²) in [5, 5.41) is 12.1. The van der Waals surface area contributed by atoms with Crippen molar-refractivity contribution in [2.45, 2.75) is 20.3 Å². The van der Waals surface area contributed by atoms with Crippen molar-refractivity contribution in [1.29, 1.82) is 0 Å². The van der Waals surface area contributed by atoms with Crippen molar-refractivity contribution >= 4 is 32.9 Å². The van der Waals surface area contributed by atoms with Gasteiger partial charge in [0.05, 0.1) is 12.3 Å². The van der Waals surface area contributed by atoms with Gasteiger partial charge in [0.15, 0.2) is 5.12 Å². The second-order valence-corrected chi connectivity index (χ2v) is 7.96. The molecule has 0 saturated carbocycles. The van der Waals surface area contributed by atoms with Crippen LogP contribution in [0.2, 0.25) is 0 Å². The van der Waals surface area contributed by atoms with Gasteiger partial charge in [-0.3, -0.25) is 9.35 Å². The van der Waals surface area contributed by atoms with Crippen LogP contribution in [0.15, 0.2) is 29.3 Å². The molecule has 128 valence electrons. The minimum atomic E-state index is -4.14. The first-order valence-electron chi connectivity index (χ1n) is 7.03. The number of thioether (sulfide) groups is 1. The summed E-state index contributed by atoms with van der Waals surface area (Å²) >= 11 is 1.04. The number of hydrogen-bond acceptors (Lipinski definition) is 6. The third-order valence-electron chi connectivity index (χ3n) is 3.06. The number of hydrogen-bond donors (Lipinski definition) is 1. The van der Waals surface area contributed by atoms with Gasteiger partial charge in [-0.1, -0.05) is 41.6 Å². The molecule has 1 unspecified atom stereocenters. The van der Waals surface area contributed by atoms with E-state index in [1.54, 1.807) is 0 Å². The molecule has 0 aliphatic rings. The Labute approximate surface area is 169 Å². The van der Waals surface area contributed by atoms with E-state index in [4.69, 9.17) is 4.55 Å². The predicted octanol–water partition coefficient (Wildman–Crippen LogP) is -1.92. The molecule has 0 aliphatic carbocycles. The molecule has 0 radical (unpaired) electrons. The Morgan fingerprint density at radius 3 is 2.42 bits per heavy atom. The van der Waals surface area contributed by atoms with E-state index in [0.717, 1.165) is 22.9 Å². The standard InChI is InChI=1S/C15H21NO5S2.Na/c1-11-3-5-13(6-4-11)9-14(10-22-12(2)17)15(18)16-7-8-23(19,20)21;/h3-6,14H,7-10H2,1-2H3,(H,16,18)(H,19,20,21);/q;+1/p-1. The zero-order valence-corrected chi connectivity index (χ0v) is 17.7. The topological polar surface area (TPSA) is 107 Å². The molecule has 1 atom stereocenters. The number of carbonyl (C=O) groups excluding carboxylic acids is 1. The fourth-order valence-corrected chi connectivity index (χ4v) is 2.86. The summed E-state index contributed by atoms with van der Waals surface area (Å²) in [5.74, 6) is -1.26. The summed E-state index contributed by atoms with van der Waals surface area (Å²) in [6, 6.07) is 7.69. The Morgan fingerprint density at radius 2 is 1.92 bits per heavy atom. The first kappa shape index (κ1) is 23.6. The minimum Gasteiger partial charge on any atom is -0.862 e. The van der Waals surface area contributed by atoms with Crippen LogP contribution in [-0.2, 0) is 21.3 Å². The molecule has 1 N–H and O–H groups in total. The predicted molar refractivity (Wildman–Crippen MR) is 90.2 cm³/mol. The molecule has 0 aliphatic heterocycles. The van der Waals surface area contributed by atoms with Crippen molar-refractivity contribution in [2.24, 2.45) is 10.9 Å². The van der Waals surface area contributed by atoms with Gasteiger partial charge in [-0.15, -0.1) is 0 Å². The maximum absolute atomic E-state index is 12.1. The summed E-state index contributed by atoms with van der Waals surface area (Å²) in [6.45, 7) is 3.10. The second-order valence-electron chi connectivity index (χ2n) is 5.20. The molecule has 0 heterocycles. The van der Waals surface area contributed by atoms with E-state index in [-0.39, 0.29) is 47.0 Å². The van der Waals surface area contributed by atoms with Crippen molar-refractivity contribution in [1.82, 2.24) is 0 Å². The van der Waals surface area contributed by atoms with Crippen LogP contribution in [-0.4, -0.2) is 42.0 Å². The minimum absolute atomic E-state index is 0. The molecule has 0 amide bonds. The molecule has 1 aromatic rings. The molecule has 6 nitrogen and oxygen atoms in total. The molecule has 0 spiro atoms. The largest absolute Gasteiger partial charge is 1.00 e. The van der Waals surface area contributed by atoms with Crippen LogP contribution in [0.3, 0.4) is 0 Å². The fraction of sp³-hybridized carbons (Fsp3) is 0.467. The van der Waals surface area contributed by atoms with Crippen LogP contribution in [0.5, 0.6) is 0 Å².